The number of hydrazone groups is 1. The van der Waals surface area contributed by atoms with E-state index >= 15 is 0 Å². The van der Waals surface area contributed by atoms with Gasteiger partial charge in [-0.15, -0.1) is 6.42 Å². The summed E-state index contributed by atoms with van der Waals surface area (Å²) in [6, 6.07) is 13.4. The number of terminal acetylenes is 1. The van der Waals surface area contributed by atoms with Crippen LogP contribution in [0.2, 0.25) is 5.02 Å². The molecule has 0 spiro atoms. The minimum Gasteiger partial charge on any atom is -0.494 e. The lowest BCUT2D eigenvalue weighted by molar-refractivity contribution is -0.106. The van der Waals surface area contributed by atoms with Crippen LogP contribution >= 0.6 is 11.6 Å². The van der Waals surface area contributed by atoms with Crippen molar-refractivity contribution in [2.45, 2.75) is 6.92 Å². The predicted molar refractivity (Wildman–Crippen MR) is 139 cm³/mol. The first-order valence-corrected chi connectivity index (χ1v) is 11.0. The maximum absolute atomic E-state index is 13.2. The van der Waals surface area contributed by atoms with E-state index in [2.05, 4.69) is 21.3 Å². The van der Waals surface area contributed by atoms with Crippen LogP contribution in [-0.2, 0) is 4.79 Å². The Kier molecular flexibility index (Phi) is 8.43. The van der Waals surface area contributed by atoms with Gasteiger partial charge in [0.1, 0.15) is 17.3 Å². The van der Waals surface area contributed by atoms with Crippen LogP contribution in [0, 0.1) is 12.3 Å². The van der Waals surface area contributed by atoms with Crippen LogP contribution in [0.5, 0.6) is 5.75 Å². The third kappa shape index (κ3) is 6.16. The van der Waals surface area contributed by atoms with Gasteiger partial charge < -0.3 is 15.1 Å². The molecule has 9 heteroatoms. The molecule has 35 heavy (non-hydrogen) atoms. The Morgan fingerprint density at radius 3 is 2.57 bits per heavy atom. The monoisotopic (exact) mass is 489 g/mol. The fraction of sp³-hybridized carbons (Fsp3) is 0.154. The normalized spacial score (nSPS) is 10.5. The number of rotatable bonds is 9. The molecule has 0 aliphatic carbocycles. The van der Waals surface area contributed by atoms with E-state index in [1.54, 1.807) is 35.5 Å². The van der Waals surface area contributed by atoms with Gasteiger partial charge in [0.05, 0.1) is 18.9 Å². The van der Waals surface area contributed by atoms with Gasteiger partial charge in [0, 0.05) is 42.1 Å². The molecule has 8 nitrogen and oxygen atoms in total. The fourth-order valence-electron chi connectivity index (χ4n) is 3.10. The number of pyridine rings is 1. The summed E-state index contributed by atoms with van der Waals surface area (Å²) >= 11 is 6.25. The van der Waals surface area contributed by atoms with Crippen LogP contribution in [0.25, 0.3) is 0 Å². The van der Waals surface area contributed by atoms with Crippen LogP contribution in [-0.4, -0.2) is 49.2 Å². The van der Waals surface area contributed by atoms with E-state index in [4.69, 9.17) is 22.8 Å². The highest BCUT2D eigenvalue weighted by atomic mass is 35.5. The summed E-state index contributed by atoms with van der Waals surface area (Å²) in [5.74, 6) is 2.48. The molecular weight excluding hydrogens is 466 g/mol. The third-order valence-electron chi connectivity index (χ3n) is 5.06. The molecule has 1 N–H and O–H groups in total. The number of amides is 2. The molecule has 2 aromatic carbocycles. The number of hydrogen-bond donors (Lipinski definition) is 1. The average Bonchev–Trinajstić information content (AvgIpc) is 2.89. The topological polar surface area (TPSA) is 87.1 Å². The van der Waals surface area contributed by atoms with Gasteiger partial charge in [-0.3, -0.25) is 14.5 Å². The first-order chi connectivity index (χ1) is 16.9. The highest BCUT2D eigenvalue weighted by molar-refractivity contribution is 6.31. The number of nitrogens with zero attached hydrogens (tertiary/aromatic N) is 4. The largest absolute Gasteiger partial charge is 0.494 e. The van der Waals surface area contributed by atoms with Gasteiger partial charge in [-0.2, -0.15) is 5.10 Å². The quantitative estimate of drug-likeness (QED) is 0.206. The van der Waals surface area contributed by atoms with Crippen LogP contribution in [0.15, 0.2) is 59.8 Å². The zero-order valence-corrected chi connectivity index (χ0v) is 20.3. The fourth-order valence-corrected chi connectivity index (χ4v) is 3.31. The SMILES string of the molecule is C#Cc1ccc(NC(=O)c2cc(Cl)cc(OC)c2N(C=O)c2ccc(C=NN(C)CC)cc2)nc1. The lowest BCUT2D eigenvalue weighted by atomic mass is 10.1. The Bertz CT molecular complexity index is 1270. The lowest BCUT2D eigenvalue weighted by Crippen LogP contribution is -2.22. The Balaban J connectivity index is 2.00. The molecule has 0 radical (unpaired) electrons. The summed E-state index contributed by atoms with van der Waals surface area (Å²) < 4.78 is 5.47. The predicted octanol–water partition coefficient (Wildman–Crippen LogP) is 4.56. The number of benzene rings is 2. The van der Waals surface area contributed by atoms with Gasteiger partial charge in [0.2, 0.25) is 6.41 Å². The zero-order chi connectivity index (χ0) is 25.4. The maximum Gasteiger partial charge on any atom is 0.259 e. The van der Waals surface area contributed by atoms with E-state index in [1.165, 1.54) is 30.3 Å². The smallest absolute Gasteiger partial charge is 0.259 e. The standard InChI is InChI=1S/C26H24ClN5O3/c1-5-18-9-12-24(28-15-18)30-26(34)22-13-20(27)14-23(35-4)25(22)32(17-33)21-10-7-19(8-11-21)16-29-31(3)6-2/h1,7-17H,6H2,2-4H3,(H,28,30,34). The van der Waals surface area contributed by atoms with E-state index < -0.39 is 5.91 Å². The molecule has 1 aromatic heterocycles. The van der Waals surface area contributed by atoms with E-state index in [-0.39, 0.29) is 27.8 Å². The van der Waals surface area contributed by atoms with Crippen molar-refractivity contribution in [3.05, 3.63) is 76.4 Å². The van der Waals surface area contributed by atoms with E-state index in [9.17, 15) is 9.59 Å². The van der Waals surface area contributed by atoms with Crippen molar-refractivity contribution in [1.82, 2.24) is 9.99 Å². The molecule has 178 valence electrons. The number of carbonyl (C=O) groups excluding carboxylic acids is 2. The average molecular weight is 490 g/mol. The summed E-state index contributed by atoms with van der Waals surface area (Å²) in [4.78, 5) is 30.9. The van der Waals surface area contributed by atoms with Crippen LogP contribution in [0.3, 0.4) is 0 Å². The number of hydrogen-bond acceptors (Lipinski definition) is 6. The van der Waals surface area contributed by atoms with Gasteiger partial charge >= 0.3 is 0 Å². The summed E-state index contributed by atoms with van der Waals surface area (Å²) in [6.07, 6.45) is 9.15. The first-order valence-electron chi connectivity index (χ1n) is 10.6. The Morgan fingerprint density at radius 1 is 1.26 bits per heavy atom. The van der Waals surface area contributed by atoms with Gasteiger partial charge in [0.15, 0.2) is 0 Å². The molecule has 0 aliphatic rings. The van der Waals surface area contributed by atoms with E-state index in [1.807, 2.05) is 26.1 Å². The highest BCUT2D eigenvalue weighted by Crippen LogP contribution is 2.39. The number of aromatic nitrogens is 1. The second-order valence-corrected chi connectivity index (χ2v) is 7.76. The molecule has 2 amide bonds. The number of methoxy groups -OCH3 is 1. The van der Waals surface area contributed by atoms with Crippen molar-refractivity contribution in [3.63, 3.8) is 0 Å². The lowest BCUT2D eigenvalue weighted by Gasteiger charge is -2.23. The summed E-state index contributed by atoms with van der Waals surface area (Å²) in [5.41, 5.74) is 2.31. The number of carbonyl (C=O) groups is 2. The van der Waals surface area contributed by atoms with Crippen molar-refractivity contribution in [3.8, 4) is 18.1 Å². The van der Waals surface area contributed by atoms with Gasteiger partial charge in [-0.25, -0.2) is 4.98 Å². The van der Waals surface area contributed by atoms with Crippen LogP contribution in [0.1, 0.15) is 28.4 Å². The molecular formula is C26H24ClN5O3. The van der Waals surface area contributed by atoms with Crippen LogP contribution in [0.4, 0.5) is 17.2 Å². The Labute approximate surface area is 209 Å². The number of nitrogens with one attached hydrogen (secondary N) is 1. The Hall–Kier alpha value is -4.35. The van der Waals surface area contributed by atoms with Crippen LogP contribution < -0.4 is 15.0 Å². The van der Waals surface area contributed by atoms with Crippen molar-refractivity contribution in [2.24, 2.45) is 5.10 Å². The molecule has 1 heterocycles. The molecule has 0 saturated carbocycles. The van der Waals surface area contributed by atoms with Crippen molar-refractivity contribution in [1.29, 1.82) is 0 Å². The molecule has 0 fully saturated rings. The number of anilines is 3. The minimum atomic E-state index is -0.528. The molecule has 3 aromatic rings. The molecule has 0 saturated heterocycles. The molecule has 0 atom stereocenters. The third-order valence-corrected chi connectivity index (χ3v) is 5.27. The summed E-state index contributed by atoms with van der Waals surface area (Å²) in [7, 11) is 3.31. The van der Waals surface area contributed by atoms with Gasteiger partial charge in [-0.05, 0) is 42.8 Å². The zero-order valence-electron chi connectivity index (χ0n) is 19.5. The summed E-state index contributed by atoms with van der Waals surface area (Å²) in [5, 5.41) is 9.08. The van der Waals surface area contributed by atoms with Crippen molar-refractivity contribution in [2.75, 3.05) is 30.9 Å². The second-order valence-electron chi connectivity index (χ2n) is 7.32. The number of halogens is 1. The molecule has 3 rings (SSSR count). The van der Waals surface area contributed by atoms with E-state index in [0.717, 1.165) is 12.1 Å². The summed E-state index contributed by atoms with van der Waals surface area (Å²) in [6.45, 7) is 2.77. The van der Waals surface area contributed by atoms with Gasteiger partial charge in [0.25, 0.3) is 5.91 Å². The van der Waals surface area contributed by atoms with E-state index in [0.29, 0.717) is 17.7 Å². The van der Waals surface area contributed by atoms with Crippen molar-refractivity contribution >= 4 is 47.3 Å². The van der Waals surface area contributed by atoms with Crippen molar-refractivity contribution < 1.29 is 14.3 Å². The Morgan fingerprint density at radius 2 is 2.00 bits per heavy atom. The van der Waals surface area contributed by atoms with Gasteiger partial charge in [-0.1, -0.05) is 29.7 Å². The first kappa shape index (κ1) is 25.3. The molecule has 0 aliphatic heterocycles. The molecule has 0 bridgehead atoms. The number of ether oxygens (including phenoxy) is 1. The maximum atomic E-state index is 13.2. The second kappa shape index (κ2) is 11.7. The molecule has 0 unspecified atom stereocenters. The highest BCUT2D eigenvalue weighted by Gasteiger charge is 2.24. The minimum absolute atomic E-state index is 0.125.